The molecule has 7 nitrogen and oxygen atoms in total. The van der Waals surface area contributed by atoms with Crippen LogP contribution in [0.15, 0.2) is 30.3 Å². The van der Waals surface area contributed by atoms with Gasteiger partial charge in [-0.25, -0.2) is 0 Å². The van der Waals surface area contributed by atoms with Crippen molar-refractivity contribution in [3.05, 3.63) is 41.5 Å². The summed E-state index contributed by atoms with van der Waals surface area (Å²) in [6.45, 7) is 6.72. The monoisotopic (exact) mass is 442 g/mol. The first-order valence-electron chi connectivity index (χ1n) is 11.0. The van der Waals surface area contributed by atoms with Crippen molar-refractivity contribution >= 4 is 11.6 Å². The van der Waals surface area contributed by atoms with Crippen molar-refractivity contribution < 1.29 is 23.7 Å². The Kier molecular flexibility index (Phi) is 8.22. The summed E-state index contributed by atoms with van der Waals surface area (Å²) in [5, 5.41) is 2.93. The molecule has 0 aromatic heterocycles. The maximum Gasteiger partial charge on any atom is 0.225 e. The SMILES string of the molecule is COc1cc(NC(=O)CCN2CCC(Oc3cc(C)ccc3C)CC2)cc(OC)c1OC. The van der Waals surface area contributed by atoms with Crippen LogP contribution >= 0.6 is 0 Å². The lowest BCUT2D eigenvalue weighted by Gasteiger charge is -2.32. The summed E-state index contributed by atoms with van der Waals surface area (Å²) in [6.07, 6.45) is 2.56. The van der Waals surface area contributed by atoms with Gasteiger partial charge in [0.15, 0.2) is 11.5 Å². The number of methoxy groups -OCH3 is 3. The molecule has 0 aliphatic carbocycles. The highest BCUT2D eigenvalue weighted by atomic mass is 16.5. The number of nitrogens with one attached hydrogen (secondary N) is 1. The van der Waals surface area contributed by atoms with E-state index in [4.69, 9.17) is 18.9 Å². The van der Waals surface area contributed by atoms with Crippen LogP contribution in [0.1, 0.15) is 30.4 Å². The van der Waals surface area contributed by atoms with Gasteiger partial charge in [-0.3, -0.25) is 4.79 Å². The molecule has 32 heavy (non-hydrogen) atoms. The van der Waals surface area contributed by atoms with E-state index in [1.165, 1.54) is 11.1 Å². The summed E-state index contributed by atoms with van der Waals surface area (Å²) >= 11 is 0. The number of anilines is 1. The molecule has 1 aliphatic heterocycles. The first kappa shape index (κ1) is 23.7. The van der Waals surface area contributed by atoms with Crippen LogP contribution in [0, 0.1) is 13.8 Å². The molecule has 1 heterocycles. The van der Waals surface area contributed by atoms with Crippen molar-refractivity contribution in [2.75, 3.05) is 46.3 Å². The zero-order chi connectivity index (χ0) is 23.1. The number of piperidine rings is 1. The highest BCUT2D eigenvalue weighted by molar-refractivity contribution is 5.91. The first-order valence-corrected chi connectivity index (χ1v) is 11.0. The molecule has 1 amide bonds. The molecule has 3 rings (SSSR count). The quantitative estimate of drug-likeness (QED) is 0.628. The summed E-state index contributed by atoms with van der Waals surface area (Å²) in [5.74, 6) is 2.45. The lowest BCUT2D eigenvalue weighted by molar-refractivity contribution is -0.116. The summed E-state index contributed by atoms with van der Waals surface area (Å²) in [5.41, 5.74) is 2.99. The average molecular weight is 443 g/mol. The average Bonchev–Trinajstić information content (AvgIpc) is 2.80. The Morgan fingerprint density at radius 2 is 1.62 bits per heavy atom. The maximum atomic E-state index is 12.5. The van der Waals surface area contributed by atoms with Crippen molar-refractivity contribution in [2.45, 2.75) is 39.2 Å². The van der Waals surface area contributed by atoms with Gasteiger partial charge in [-0.2, -0.15) is 0 Å². The van der Waals surface area contributed by atoms with E-state index in [-0.39, 0.29) is 12.0 Å². The second kappa shape index (κ2) is 11.1. The largest absolute Gasteiger partial charge is 0.493 e. The molecule has 1 saturated heterocycles. The minimum Gasteiger partial charge on any atom is -0.493 e. The fraction of sp³-hybridized carbons (Fsp3) is 0.480. The molecule has 1 aliphatic rings. The van der Waals surface area contributed by atoms with Crippen LogP contribution in [0.4, 0.5) is 5.69 Å². The number of amides is 1. The lowest BCUT2D eigenvalue weighted by Crippen LogP contribution is -2.39. The summed E-state index contributed by atoms with van der Waals surface area (Å²) < 4.78 is 22.3. The van der Waals surface area contributed by atoms with Gasteiger partial charge in [0, 0.05) is 43.9 Å². The van der Waals surface area contributed by atoms with E-state index in [2.05, 4.69) is 42.3 Å². The van der Waals surface area contributed by atoms with Crippen molar-refractivity contribution in [3.8, 4) is 23.0 Å². The lowest BCUT2D eigenvalue weighted by atomic mass is 10.1. The van der Waals surface area contributed by atoms with Crippen LogP contribution in [-0.2, 0) is 4.79 Å². The predicted octanol–water partition coefficient (Wildman–Crippen LogP) is 4.20. The first-order chi connectivity index (χ1) is 15.4. The third kappa shape index (κ3) is 6.07. The minimum absolute atomic E-state index is 0.0481. The van der Waals surface area contributed by atoms with Gasteiger partial charge in [-0.05, 0) is 43.9 Å². The molecule has 1 fully saturated rings. The van der Waals surface area contributed by atoms with Crippen molar-refractivity contribution in [1.29, 1.82) is 0 Å². The van der Waals surface area contributed by atoms with E-state index in [0.717, 1.165) is 31.7 Å². The van der Waals surface area contributed by atoms with Crippen LogP contribution < -0.4 is 24.3 Å². The third-order valence-electron chi connectivity index (χ3n) is 5.78. The minimum atomic E-state index is -0.0481. The number of hydrogen-bond donors (Lipinski definition) is 1. The molecule has 0 atom stereocenters. The number of nitrogens with zero attached hydrogens (tertiary/aromatic N) is 1. The third-order valence-corrected chi connectivity index (χ3v) is 5.78. The number of carbonyl (C=O) groups is 1. The Hall–Kier alpha value is -2.93. The van der Waals surface area contributed by atoms with Crippen molar-refractivity contribution in [2.24, 2.45) is 0 Å². The molecular weight excluding hydrogens is 408 g/mol. The molecular formula is C25H34N2O5. The molecule has 1 N–H and O–H groups in total. The summed E-state index contributed by atoms with van der Waals surface area (Å²) in [4.78, 5) is 14.8. The number of carbonyl (C=O) groups excluding carboxylic acids is 1. The van der Waals surface area contributed by atoms with Crippen LogP contribution in [0.3, 0.4) is 0 Å². The van der Waals surface area contributed by atoms with Gasteiger partial charge in [0.1, 0.15) is 11.9 Å². The molecule has 7 heteroatoms. The Morgan fingerprint density at radius 1 is 0.969 bits per heavy atom. The molecule has 2 aromatic carbocycles. The zero-order valence-electron chi connectivity index (χ0n) is 19.7. The van der Waals surface area contributed by atoms with E-state index in [0.29, 0.717) is 35.9 Å². The van der Waals surface area contributed by atoms with Gasteiger partial charge in [-0.1, -0.05) is 12.1 Å². The Labute approximate surface area is 190 Å². The number of ether oxygens (including phenoxy) is 4. The number of rotatable bonds is 9. The van der Waals surface area contributed by atoms with Gasteiger partial charge >= 0.3 is 0 Å². The normalized spacial score (nSPS) is 14.7. The van der Waals surface area contributed by atoms with Gasteiger partial charge in [0.25, 0.3) is 0 Å². The highest BCUT2D eigenvalue weighted by Gasteiger charge is 2.22. The predicted molar refractivity (Wildman–Crippen MR) is 125 cm³/mol. The van der Waals surface area contributed by atoms with Gasteiger partial charge in [0.2, 0.25) is 11.7 Å². The standard InChI is InChI=1S/C25H34N2O5/c1-17-6-7-18(2)21(14-17)32-20-8-11-27(12-9-20)13-10-24(28)26-19-15-22(29-3)25(31-5)23(16-19)30-4/h6-7,14-16,20H,8-13H2,1-5H3,(H,26,28). The second-order valence-electron chi connectivity index (χ2n) is 8.14. The zero-order valence-corrected chi connectivity index (χ0v) is 19.7. The van der Waals surface area contributed by atoms with Crippen molar-refractivity contribution in [3.63, 3.8) is 0 Å². The molecule has 174 valence electrons. The molecule has 0 saturated carbocycles. The van der Waals surface area contributed by atoms with Crippen LogP contribution in [0.25, 0.3) is 0 Å². The Morgan fingerprint density at radius 3 is 2.22 bits per heavy atom. The maximum absolute atomic E-state index is 12.5. The van der Waals surface area contributed by atoms with E-state index in [1.54, 1.807) is 33.5 Å². The van der Waals surface area contributed by atoms with Gasteiger partial charge in [-0.15, -0.1) is 0 Å². The van der Waals surface area contributed by atoms with E-state index >= 15 is 0 Å². The molecule has 0 spiro atoms. The number of aryl methyl sites for hydroxylation is 2. The number of hydrogen-bond acceptors (Lipinski definition) is 6. The van der Waals surface area contributed by atoms with Crippen LogP contribution in [0.2, 0.25) is 0 Å². The fourth-order valence-corrected chi connectivity index (χ4v) is 3.90. The smallest absolute Gasteiger partial charge is 0.225 e. The second-order valence-corrected chi connectivity index (χ2v) is 8.14. The van der Waals surface area contributed by atoms with Crippen LogP contribution in [0.5, 0.6) is 23.0 Å². The van der Waals surface area contributed by atoms with Crippen LogP contribution in [-0.4, -0.2) is 57.9 Å². The van der Waals surface area contributed by atoms with E-state index in [1.807, 2.05) is 0 Å². The molecule has 0 bridgehead atoms. The Balaban J connectivity index is 1.47. The van der Waals surface area contributed by atoms with Gasteiger partial charge < -0.3 is 29.2 Å². The number of benzene rings is 2. The van der Waals surface area contributed by atoms with Crippen molar-refractivity contribution in [1.82, 2.24) is 4.90 Å². The molecule has 0 radical (unpaired) electrons. The summed E-state index contributed by atoms with van der Waals surface area (Å²) in [6, 6.07) is 9.78. The fourth-order valence-electron chi connectivity index (χ4n) is 3.90. The Bertz CT molecular complexity index is 898. The molecule has 0 unspecified atom stereocenters. The number of likely N-dealkylation sites (tertiary alicyclic amines) is 1. The van der Waals surface area contributed by atoms with E-state index in [9.17, 15) is 4.79 Å². The van der Waals surface area contributed by atoms with Gasteiger partial charge in [0.05, 0.1) is 21.3 Å². The summed E-state index contributed by atoms with van der Waals surface area (Å²) in [7, 11) is 4.65. The highest BCUT2D eigenvalue weighted by Crippen LogP contribution is 2.40. The topological polar surface area (TPSA) is 69.3 Å². The molecule has 2 aromatic rings. The van der Waals surface area contributed by atoms with E-state index < -0.39 is 0 Å².